The van der Waals surface area contributed by atoms with Gasteiger partial charge in [0.15, 0.2) is 0 Å². The van der Waals surface area contributed by atoms with Crippen molar-refractivity contribution in [1.82, 2.24) is 5.32 Å². The van der Waals surface area contributed by atoms with Crippen LogP contribution < -0.4 is 11.1 Å². The van der Waals surface area contributed by atoms with Crippen molar-refractivity contribution in [3.63, 3.8) is 0 Å². The van der Waals surface area contributed by atoms with Crippen molar-refractivity contribution < 1.29 is 4.79 Å². The molecule has 3 nitrogen and oxygen atoms in total. The predicted molar refractivity (Wildman–Crippen MR) is 48.6 cm³/mol. The summed E-state index contributed by atoms with van der Waals surface area (Å²) in [5.74, 6) is 0.766. The molecule has 70 valence electrons. The van der Waals surface area contributed by atoms with Crippen LogP contribution in [0, 0.1) is 11.3 Å². The average Bonchev–Trinajstić information content (AvgIpc) is 2.32. The molecule has 0 saturated carbocycles. The maximum absolute atomic E-state index is 11.0. The highest BCUT2D eigenvalue weighted by Gasteiger charge is 2.37. The lowest BCUT2D eigenvalue weighted by atomic mass is 9.79. The zero-order valence-electron chi connectivity index (χ0n) is 7.89. The number of carbonyl (C=O) groups excluding carboxylic acids is 1. The quantitative estimate of drug-likeness (QED) is 0.648. The van der Waals surface area contributed by atoms with Gasteiger partial charge in [-0.05, 0) is 12.3 Å². The number of amides is 1. The van der Waals surface area contributed by atoms with E-state index in [1.807, 2.05) is 0 Å². The zero-order valence-corrected chi connectivity index (χ0v) is 7.89. The monoisotopic (exact) mass is 170 g/mol. The minimum Gasteiger partial charge on any atom is -0.355 e. The first kappa shape index (κ1) is 9.52. The molecule has 0 aromatic rings. The number of carbonyl (C=O) groups is 1. The van der Waals surface area contributed by atoms with Gasteiger partial charge < -0.3 is 11.1 Å². The first-order chi connectivity index (χ1) is 5.58. The average molecular weight is 170 g/mol. The summed E-state index contributed by atoms with van der Waals surface area (Å²) in [6.07, 6.45) is 1.66. The Kier molecular flexibility index (Phi) is 2.73. The molecule has 0 aromatic heterocycles. The smallest absolute Gasteiger partial charge is 0.220 e. The Morgan fingerprint density at radius 1 is 1.67 bits per heavy atom. The first-order valence-corrected chi connectivity index (χ1v) is 4.55. The molecule has 0 spiro atoms. The van der Waals surface area contributed by atoms with Gasteiger partial charge in [0.1, 0.15) is 0 Å². The van der Waals surface area contributed by atoms with E-state index in [1.54, 1.807) is 0 Å². The topological polar surface area (TPSA) is 55.1 Å². The molecule has 1 unspecified atom stereocenters. The Labute approximate surface area is 73.7 Å². The van der Waals surface area contributed by atoms with Crippen LogP contribution in [0.5, 0.6) is 0 Å². The molecular formula is C9H18N2O. The molecule has 1 atom stereocenters. The van der Waals surface area contributed by atoms with Crippen LogP contribution in [0.3, 0.4) is 0 Å². The molecule has 1 saturated heterocycles. The summed E-state index contributed by atoms with van der Waals surface area (Å²) in [4.78, 5) is 11.0. The highest BCUT2D eigenvalue weighted by molar-refractivity contribution is 5.79. The third kappa shape index (κ3) is 1.97. The fourth-order valence-electron chi connectivity index (χ4n) is 1.99. The number of nitrogens with one attached hydrogen (secondary N) is 1. The van der Waals surface area contributed by atoms with E-state index in [1.165, 1.54) is 0 Å². The van der Waals surface area contributed by atoms with Crippen molar-refractivity contribution in [3.8, 4) is 0 Å². The highest BCUT2D eigenvalue weighted by Crippen LogP contribution is 2.32. The lowest BCUT2D eigenvalue weighted by Gasteiger charge is -2.26. The maximum atomic E-state index is 11.0. The molecule has 1 amide bonds. The molecule has 1 aliphatic heterocycles. The third-order valence-corrected chi connectivity index (χ3v) is 2.47. The number of nitrogens with two attached hydrogens (primary N) is 1. The molecule has 1 rings (SSSR count). The Bertz CT molecular complexity index is 179. The number of hydrogen-bond acceptors (Lipinski definition) is 2. The van der Waals surface area contributed by atoms with Gasteiger partial charge in [-0.25, -0.2) is 0 Å². The van der Waals surface area contributed by atoms with Crippen LogP contribution >= 0.6 is 0 Å². The van der Waals surface area contributed by atoms with Crippen molar-refractivity contribution in [1.29, 1.82) is 0 Å². The Balaban J connectivity index is 2.58. The van der Waals surface area contributed by atoms with Crippen LogP contribution in [0.1, 0.15) is 26.7 Å². The molecule has 0 aliphatic carbocycles. The summed E-state index contributed by atoms with van der Waals surface area (Å²) in [5, 5.41) is 2.85. The van der Waals surface area contributed by atoms with E-state index in [0.717, 1.165) is 13.0 Å². The first-order valence-electron chi connectivity index (χ1n) is 4.55. The van der Waals surface area contributed by atoms with E-state index < -0.39 is 0 Å². The summed E-state index contributed by atoms with van der Waals surface area (Å²) in [6.45, 7) is 5.71. The van der Waals surface area contributed by atoms with E-state index in [0.29, 0.717) is 18.9 Å². The second-order valence-electron chi connectivity index (χ2n) is 4.26. The van der Waals surface area contributed by atoms with Gasteiger partial charge >= 0.3 is 0 Å². The second-order valence-corrected chi connectivity index (χ2v) is 4.26. The van der Waals surface area contributed by atoms with Crippen LogP contribution in [0.25, 0.3) is 0 Å². The van der Waals surface area contributed by atoms with Gasteiger partial charge in [-0.3, -0.25) is 4.79 Å². The molecular weight excluding hydrogens is 152 g/mol. The lowest BCUT2D eigenvalue weighted by molar-refractivity contribution is -0.119. The molecule has 1 aliphatic rings. The van der Waals surface area contributed by atoms with Gasteiger partial charge in [0.2, 0.25) is 5.91 Å². The summed E-state index contributed by atoms with van der Waals surface area (Å²) in [7, 11) is 0. The minimum absolute atomic E-state index is 0.0469. The molecule has 0 radical (unpaired) electrons. The largest absolute Gasteiger partial charge is 0.355 e. The van der Waals surface area contributed by atoms with E-state index in [9.17, 15) is 4.79 Å². The number of rotatable bonds is 3. The van der Waals surface area contributed by atoms with Crippen molar-refractivity contribution in [2.45, 2.75) is 26.7 Å². The van der Waals surface area contributed by atoms with Gasteiger partial charge in [0, 0.05) is 24.9 Å². The molecule has 0 aromatic carbocycles. The molecule has 1 fully saturated rings. The summed E-state index contributed by atoms with van der Waals surface area (Å²) >= 11 is 0. The van der Waals surface area contributed by atoms with Gasteiger partial charge in [-0.2, -0.15) is 0 Å². The fourth-order valence-corrected chi connectivity index (χ4v) is 1.99. The minimum atomic E-state index is 0.0469. The fraction of sp³-hybridized carbons (Fsp3) is 0.889. The van der Waals surface area contributed by atoms with E-state index >= 15 is 0 Å². The predicted octanol–water partition coefficient (Wildman–Crippen LogP) is 0.497. The number of hydrogen-bond donors (Lipinski definition) is 2. The Morgan fingerprint density at radius 2 is 2.33 bits per heavy atom. The Morgan fingerprint density at radius 3 is 2.67 bits per heavy atom. The SMILES string of the molecule is CC(C)CC1(CN)CNC(=O)C1. The van der Waals surface area contributed by atoms with Crippen molar-refractivity contribution >= 4 is 5.91 Å². The zero-order chi connectivity index (χ0) is 9.19. The van der Waals surface area contributed by atoms with Crippen molar-refractivity contribution in [3.05, 3.63) is 0 Å². The Hall–Kier alpha value is -0.570. The van der Waals surface area contributed by atoms with Gasteiger partial charge in [-0.15, -0.1) is 0 Å². The van der Waals surface area contributed by atoms with Crippen LogP contribution in [0.4, 0.5) is 0 Å². The van der Waals surface area contributed by atoms with Crippen molar-refractivity contribution in [2.75, 3.05) is 13.1 Å². The van der Waals surface area contributed by atoms with Gasteiger partial charge in [0.25, 0.3) is 0 Å². The van der Waals surface area contributed by atoms with Crippen molar-refractivity contribution in [2.24, 2.45) is 17.1 Å². The highest BCUT2D eigenvalue weighted by atomic mass is 16.1. The summed E-state index contributed by atoms with van der Waals surface area (Å²) in [6, 6.07) is 0. The molecule has 3 N–H and O–H groups in total. The standard InChI is InChI=1S/C9H18N2O/c1-7(2)3-9(5-10)4-8(12)11-6-9/h7H,3-6,10H2,1-2H3,(H,11,12). The third-order valence-electron chi connectivity index (χ3n) is 2.47. The van der Waals surface area contributed by atoms with Gasteiger partial charge in [0.05, 0.1) is 0 Å². The van der Waals surface area contributed by atoms with Crippen LogP contribution in [-0.4, -0.2) is 19.0 Å². The van der Waals surface area contributed by atoms with Crippen LogP contribution in [0.2, 0.25) is 0 Å². The van der Waals surface area contributed by atoms with Gasteiger partial charge in [-0.1, -0.05) is 13.8 Å². The van der Waals surface area contributed by atoms with E-state index in [4.69, 9.17) is 5.73 Å². The second kappa shape index (κ2) is 3.44. The van der Waals surface area contributed by atoms with Crippen LogP contribution in [-0.2, 0) is 4.79 Å². The molecule has 12 heavy (non-hydrogen) atoms. The normalized spacial score (nSPS) is 29.5. The van der Waals surface area contributed by atoms with E-state index in [-0.39, 0.29) is 11.3 Å². The summed E-state index contributed by atoms with van der Waals surface area (Å²) < 4.78 is 0. The molecule has 0 bridgehead atoms. The van der Waals surface area contributed by atoms with Crippen LogP contribution in [0.15, 0.2) is 0 Å². The molecule has 3 heteroatoms. The van der Waals surface area contributed by atoms with E-state index in [2.05, 4.69) is 19.2 Å². The maximum Gasteiger partial charge on any atom is 0.220 e. The summed E-state index contributed by atoms with van der Waals surface area (Å²) in [5.41, 5.74) is 5.73. The lowest BCUT2D eigenvalue weighted by Crippen LogP contribution is -2.34. The molecule has 1 heterocycles.